The molecule has 438 valence electrons. The van der Waals surface area contributed by atoms with Crippen molar-refractivity contribution in [2.75, 3.05) is 26.4 Å². The molecule has 0 aliphatic carbocycles. The Labute approximate surface area is 468 Å². The first-order valence-electron chi connectivity index (χ1n) is 32.5. The number of hydrogen-bond acceptors (Lipinski definition) is 8. The topological polar surface area (TPSA) is 105 Å². The number of hydrogen-bond donors (Lipinski definition) is 0. The third-order valence-electron chi connectivity index (χ3n) is 15.2. The molecule has 0 heterocycles. The van der Waals surface area contributed by atoms with Gasteiger partial charge in [0, 0.05) is 12.2 Å². The van der Waals surface area contributed by atoms with Crippen LogP contribution < -0.4 is 0 Å². The van der Waals surface area contributed by atoms with Gasteiger partial charge in [0.2, 0.25) is 0 Å². The minimum atomic E-state index is -0.435. The molecule has 1 aromatic carbocycles. The minimum Gasteiger partial charge on any atom is -0.463 e. The van der Waals surface area contributed by atoms with Crippen molar-refractivity contribution in [1.29, 1.82) is 0 Å². The van der Waals surface area contributed by atoms with Crippen molar-refractivity contribution in [2.24, 2.45) is 0 Å². The van der Waals surface area contributed by atoms with Crippen LogP contribution in [0.5, 0.6) is 0 Å². The second-order valence-corrected chi connectivity index (χ2v) is 22.2. The lowest BCUT2D eigenvalue weighted by molar-refractivity contribution is -0.138. The number of unbranched alkanes of at least 4 members (excludes halogenated alkanes) is 48. The van der Waals surface area contributed by atoms with E-state index >= 15 is 0 Å². The van der Waals surface area contributed by atoms with Crippen LogP contribution in [0.3, 0.4) is 0 Å². The summed E-state index contributed by atoms with van der Waals surface area (Å²) >= 11 is 0. The predicted molar refractivity (Wildman–Crippen MR) is 320 cm³/mol. The molecule has 1 aromatic rings. The Balaban J connectivity index is 1.83. The summed E-state index contributed by atoms with van der Waals surface area (Å²) in [5, 5.41) is 0. The van der Waals surface area contributed by atoms with E-state index in [2.05, 4.69) is 13.2 Å². The minimum absolute atomic E-state index is 0.302. The summed E-state index contributed by atoms with van der Waals surface area (Å²) in [5.41, 5.74) is 0.603. The fourth-order valence-corrected chi connectivity index (χ4v) is 10.3. The predicted octanol–water partition coefficient (Wildman–Crippen LogP) is 21.0. The molecule has 0 spiro atoms. The molecule has 76 heavy (non-hydrogen) atoms. The van der Waals surface area contributed by atoms with Gasteiger partial charge in [0.25, 0.3) is 0 Å². The van der Waals surface area contributed by atoms with Gasteiger partial charge in [-0.3, -0.25) is 0 Å². The van der Waals surface area contributed by atoms with E-state index in [0.717, 1.165) is 51.4 Å². The number of carbonyl (C=O) groups excluding carboxylic acids is 4. The second kappa shape index (κ2) is 57.7. The third kappa shape index (κ3) is 48.9. The summed E-state index contributed by atoms with van der Waals surface area (Å²) in [6.45, 7) is 8.66. The molecule has 0 saturated heterocycles. The molecule has 0 unspecified atom stereocenters. The van der Waals surface area contributed by atoms with Crippen molar-refractivity contribution in [3.8, 4) is 0 Å². The average molecular weight is 1060 g/mol. The van der Waals surface area contributed by atoms with E-state index in [1.54, 1.807) is 24.3 Å². The largest absolute Gasteiger partial charge is 0.463 e. The van der Waals surface area contributed by atoms with E-state index in [1.165, 1.54) is 282 Å². The zero-order chi connectivity index (χ0) is 54.7. The smallest absolute Gasteiger partial charge is 0.339 e. The lowest BCUT2D eigenvalue weighted by atomic mass is 10.0. The summed E-state index contributed by atoms with van der Waals surface area (Å²) in [4.78, 5) is 47.8. The van der Waals surface area contributed by atoms with Gasteiger partial charge in [0.15, 0.2) is 0 Å². The van der Waals surface area contributed by atoms with Crippen LogP contribution in [-0.4, -0.2) is 50.3 Å². The summed E-state index contributed by atoms with van der Waals surface area (Å²) in [6.07, 6.45) is 67.3. The van der Waals surface area contributed by atoms with Crippen molar-refractivity contribution in [2.45, 2.75) is 321 Å². The van der Waals surface area contributed by atoms with Crippen molar-refractivity contribution in [3.05, 3.63) is 60.7 Å². The molecular formula is C68H118O8. The number of carbonyl (C=O) groups is 4. The van der Waals surface area contributed by atoms with Crippen molar-refractivity contribution in [3.63, 3.8) is 0 Å². The summed E-state index contributed by atoms with van der Waals surface area (Å²) in [7, 11) is 0. The normalized spacial score (nSPS) is 11.2. The fraction of sp³-hybridized carbons (Fsp3) is 0.794. The molecule has 0 fully saturated rings. The Hall–Kier alpha value is -3.42. The maximum absolute atomic E-state index is 12.9. The van der Waals surface area contributed by atoms with E-state index in [0.29, 0.717) is 37.6 Å². The molecule has 0 aliphatic heterocycles. The van der Waals surface area contributed by atoms with Crippen LogP contribution >= 0.6 is 0 Å². The van der Waals surface area contributed by atoms with Crippen molar-refractivity contribution in [1.82, 2.24) is 0 Å². The van der Waals surface area contributed by atoms with Crippen LogP contribution in [0.15, 0.2) is 49.6 Å². The first kappa shape index (κ1) is 70.6. The SMILES string of the molecule is C=CC(=O)OCCCCCCCCCCCCCCCCCCCCCCCCCCCOC(=O)c1ccccc1C(=O)OCCCCCCCCCCCCCCCCCCCCCCCCCCCOC(=O)C=C. The Morgan fingerprint density at radius 3 is 0.553 bits per heavy atom. The summed E-state index contributed by atoms with van der Waals surface area (Å²) < 4.78 is 21.2. The molecule has 0 aromatic heterocycles. The lowest BCUT2D eigenvalue weighted by Gasteiger charge is -2.10. The highest BCUT2D eigenvalue weighted by atomic mass is 16.5. The van der Waals surface area contributed by atoms with Crippen molar-refractivity contribution >= 4 is 23.9 Å². The Morgan fingerprint density at radius 1 is 0.250 bits per heavy atom. The van der Waals surface area contributed by atoms with Gasteiger partial charge in [-0.1, -0.05) is 321 Å². The Kier molecular flexibility index (Phi) is 53.6. The molecule has 1 rings (SSSR count). The molecule has 0 saturated carbocycles. The molecule has 0 aliphatic rings. The van der Waals surface area contributed by atoms with Gasteiger partial charge in [-0.05, 0) is 37.8 Å². The van der Waals surface area contributed by atoms with E-state index in [1.807, 2.05) is 0 Å². The van der Waals surface area contributed by atoms with Crippen LogP contribution in [0, 0.1) is 0 Å². The highest BCUT2D eigenvalue weighted by Crippen LogP contribution is 2.19. The molecule has 8 heteroatoms. The quantitative estimate of drug-likeness (QED) is 0.0275. The van der Waals surface area contributed by atoms with Crippen LogP contribution in [0.2, 0.25) is 0 Å². The van der Waals surface area contributed by atoms with Gasteiger partial charge >= 0.3 is 23.9 Å². The first-order valence-corrected chi connectivity index (χ1v) is 32.5. The van der Waals surface area contributed by atoms with Crippen molar-refractivity contribution < 1.29 is 38.1 Å². The molecule has 0 radical (unpaired) electrons. The number of rotatable bonds is 60. The summed E-state index contributed by atoms with van der Waals surface area (Å²) in [5.74, 6) is -1.49. The van der Waals surface area contributed by atoms with Gasteiger partial charge in [0.05, 0.1) is 37.6 Å². The van der Waals surface area contributed by atoms with Crippen LogP contribution in [-0.2, 0) is 28.5 Å². The first-order chi connectivity index (χ1) is 37.5. The van der Waals surface area contributed by atoms with Gasteiger partial charge in [-0.2, -0.15) is 0 Å². The average Bonchev–Trinajstić information content (AvgIpc) is 3.43. The van der Waals surface area contributed by atoms with E-state index < -0.39 is 11.9 Å². The molecule has 0 N–H and O–H groups in total. The number of esters is 4. The van der Waals surface area contributed by atoms with Gasteiger partial charge in [-0.25, -0.2) is 19.2 Å². The highest BCUT2D eigenvalue weighted by molar-refractivity contribution is 6.03. The molecular weight excluding hydrogens is 945 g/mol. The molecule has 0 bridgehead atoms. The van der Waals surface area contributed by atoms with E-state index in [4.69, 9.17) is 18.9 Å². The summed E-state index contributed by atoms with van der Waals surface area (Å²) in [6, 6.07) is 6.89. The second-order valence-electron chi connectivity index (χ2n) is 22.2. The van der Waals surface area contributed by atoms with Gasteiger partial charge in [0.1, 0.15) is 0 Å². The maximum atomic E-state index is 12.9. The van der Waals surface area contributed by atoms with Crippen LogP contribution in [0.25, 0.3) is 0 Å². The zero-order valence-electron chi connectivity index (χ0n) is 49.3. The standard InChI is InChI=1S/C68H118O8/c1-3-65(69)73-59-53-47-43-39-35-31-27-23-19-15-11-7-5-9-13-17-21-25-29-33-37-41-45-49-55-61-75-67(71)63-57-51-52-58-64(63)68(72)76-62-56-50-46-42-38-34-30-26-22-18-14-10-6-8-12-16-20-24-28-32-36-40-44-48-54-60-74-66(70)4-2/h3-4,51-52,57-58H,1-2,5-50,53-56,59-62H2. The molecule has 8 nitrogen and oxygen atoms in total. The van der Waals surface area contributed by atoms with Gasteiger partial charge < -0.3 is 18.9 Å². The molecule has 0 amide bonds. The van der Waals surface area contributed by atoms with Crippen LogP contribution in [0.1, 0.15) is 342 Å². The number of ether oxygens (including phenoxy) is 4. The Bertz CT molecular complexity index is 1380. The number of benzene rings is 1. The lowest BCUT2D eigenvalue weighted by Crippen LogP contribution is -2.15. The maximum Gasteiger partial charge on any atom is 0.339 e. The third-order valence-corrected chi connectivity index (χ3v) is 15.2. The van der Waals surface area contributed by atoms with Gasteiger partial charge in [-0.15, -0.1) is 0 Å². The van der Waals surface area contributed by atoms with Crippen LogP contribution in [0.4, 0.5) is 0 Å². The fourth-order valence-electron chi connectivity index (χ4n) is 10.3. The molecule has 0 atom stereocenters. The Morgan fingerprint density at radius 2 is 0.395 bits per heavy atom. The highest BCUT2D eigenvalue weighted by Gasteiger charge is 2.19. The van der Waals surface area contributed by atoms with E-state index in [-0.39, 0.29) is 11.9 Å². The zero-order valence-corrected chi connectivity index (χ0v) is 49.3. The van der Waals surface area contributed by atoms with E-state index in [9.17, 15) is 19.2 Å². The monoisotopic (exact) mass is 1060 g/mol.